The molecule has 0 rings (SSSR count). The Balaban J connectivity index is 3.36. The quantitative estimate of drug-likeness (QED) is 0.268. The summed E-state index contributed by atoms with van der Waals surface area (Å²) in [5.74, 6) is -0.638. The topological polar surface area (TPSA) is 66.8 Å². The summed E-state index contributed by atoms with van der Waals surface area (Å²) in [5.41, 5.74) is -0.104. The molecule has 0 saturated carbocycles. The largest absolute Gasteiger partial charge is 0.515 e. The van der Waals surface area contributed by atoms with Crippen molar-refractivity contribution in [3.05, 3.63) is 11.8 Å². The predicted octanol–water partition coefficient (Wildman–Crippen LogP) is 2.71. The lowest BCUT2D eigenvalue weighted by atomic mass is 10.1. The number of aliphatic hydroxyl groups is 2. The van der Waals surface area contributed by atoms with Crippen LogP contribution in [0, 0.1) is 0 Å². The Labute approximate surface area is 103 Å². The molecule has 4 nitrogen and oxygen atoms in total. The van der Waals surface area contributed by atoms with Gasteiger partial charge in [-0.05, 0) is 6.42 Å². The minimum atomic E-state index is -0.638. The van der Waals surface area contributed by atoms with E-state index >= 15 is 0 Å². The van der Waals surface area contributed by atoms with Crippen LogP contribution in [0.3, 0.4) is 0 Å². The fourth-order valence-corrected chi connectivity index (χ4v) is 1.47. The second kappa shape index (κ2) is 11.5. The first-order valence-electron chi connectivity index (χ1n) is 6.37. The van der Waals surface area contributed by atoms with E-state index in [4.69, 9.17) is 14.9 Å². The highest BCUT2D eigenvalue weighted by atomic mass is 16.5. The smallest absolute Gasteiger partial charge is 0.339 e. The number of aliphatic hydroxyl groups excluding tert-OH is 2. The maximum Gasteiger partial charge on any atom is 0.339 e. The molecule has 0 heterocycles. The number of carbonyl (C=O) groups excluding carboxylic acids is 1. The zero-order chi connectivity index (χ0) is 12.9. The molecule has 0 aromatic heterocycles. The maximum atomic E-state index is 11.2. The molecule has 100 valence electrons. The molecule has 0 aromatic carbocycles. The summed E-state index contributed by atoms with van der Waals surface area (Å²) >= 11 is 0. The summed E-state index contributed by atoms with van der Waals surface area (Å²) in [5, 5.41) is 17.3. The summed E-state index contributed by atoms with van der Waals surface area (Å²) in [6, 6.07) is 0. The lowest BCUT2D eigenvalue weighted by molar-refractivity contribution is -0.139. The van der Waals surface area contributed by atoms with Crippen LogP contribution in [0.5, 0.6) is 0 Å². The van der Waals surface area contributed by atoms with Crippen molar-refractivity contribution in [1.82, 2.24) is 0 Å². The van der Waals surface area contributed by atoms with Crippen molar-refractivity contribution in [1.29, 1.82) is 0 Å². The number of hydrogen-bond donors (Lipinski definition) is 2. The molecule has 0 radical (unpaired) electrons. The van der Waals surface area contributed by atoms with Gasteiger partial charge in [-0.3, -0.25) is 0 Å². The fraction of sp³-hybridized carbons (Fsp3) is 0.769. The zero-order valence-electron chi connectivity index (χ0n) is 10.7. The molecule has 0 amide bonds. The van der Waals surface area contributed by atoms with E-state index in [0.29, 0.717) is 12.9 Å². The highest BCUT2D eigenvalue weighted by Gasteiger charge is 2.09. The number of hydrogen-bond acceptors (Lipinski definition) is 4. The average Bonchev–Trinajstić information content (AvgIpc) is 2.34. The van der Waals surface area contributed by atoms with Gasteiger partial charge in [0, 0.05) is 0 Å². The molecule has 0 saturated heterocycles. The van der Waals surface area contributed by atoms with Gasteiger partial charge in [0.15, 0.2) is 0 Å². The Hall–Kier alpha value is -1.03. The maximum absolute atomic E-state index is 11.2. The third kappa shape index (κ3) is 8.74. The first-order chi connectivity index (χ1) is 8.26. The molecule has 0 atom stereocenters. The van der Waals surface area contributed by atoms with Gasteiger partial charge in [-0.1, -0.05) is 45.4 Å². The van der Waals surface area contributed by atoms with E-state index in [9.17, 15) is 4.79 Å². The third-order valence-corrected chi connectivity index (χ3v) is 2.57. The molecule has 0 aliphatic rings. The van der Waals surface area contributed by atoms with Gasteiger partial charge >= 0.3 is 5.97 Å². The van der Waals surface area contributed by atoms with Crippen LogP contribution in [-0.4, -0.2) is 29.4 Å². The summed E-state index contributed by atoms with van der Waals surface area (Å²) in [6.45, 7) is 2.04. The molecule has 0 unspecified atom stereocenters. The minimum Gasteiger partial charge on any atom is -0.515 e. The standard InChI is InChI=1S/C13H24O4/c1-2-3-4-5-6-7-8-9-17-13(16)12(10-14)11-15/h10,14-15H,2-9,11H2,1H3. The van der Waals surface area contributed by atoms with Crippen molar-refractivity contribution in [2.24, 2.45) is 0 Å². The second-order valence-corrected chi connectivity index (χ2v) is 4.07. The van der Waals surface area contributed by atoms with Crippen molar-refractivity contribution < 1.29 is 19.7 Å². The Bertz CT molecular complexity index is 223. The molecule has 0 aliphatic carbocycles. The first-order valence-corrected chi connectivity index (χ1v) is 6.37. The van der Waals surface area contributed by atoms with Crippen molar-refractivity contribution in [2.45, 2.75) is 51.9 Å². The van der Waals surface area contributed by atoms with Crippen LogP contribution < -0.4 is 0 Å². The number of rotatable bonds is 10. The summed E-state index contributed by atoms with van der Waals surface area (Å²) in [7, 11) is 0. The summed E-state index contributed by atoms with van der Waals surface area (Å²) in [6.07, 6.45) is 8.69. The highest BCUT2D eigenvalue weighted by molar-refractivity contribution is 5.88. The van der Waals surface area contributed by atoms with Crippen LogP contribution in [0.15, 0.2) is 11.8 Å². The van der Waals surface area contributed by atoms with E-state index in [1.54, 1.807) is 0 Å². The summed E-state index contributed by atoms with van der Waals surface area (Å²) < 4.78 is 4.89. The van der Waals surface area contributed by atoms with Gasteiger partial charge < -0.3 is 14.9 Å². The lowest BCUT2D eigenvalue weighted by Crippen LogP contribution is -2.11. The Morgan fingerprint density at radius 2 is 1.71 bits per heavy atom. The molecule has 17 heavy (non-hydrogen) atoms. The number of carbonyl (C=O) groups is 1. The Kier molecular flexibility index (Phi) is 10.8. The van der Waals surface area contributed by atoms with Gasteiger partial charge in [0.25, 0.3) is 0 Å². The van der Waals surface area contributed by atoms with Crippen molar-refractivity contribution in [3.8, 4) is 0 Å². The fourth-order valence-electron chi connectivity index (χ4n) is 1.47. The van der Waals surface area contributed by atoms with Crippen molar-refractivity contribution in [2.75, 3.05) is 13.2 Å². The van der Waals surface area contributed by atoms with Crippen LogP contribution in [0.25, 0.3) is 0 Å². The van der Waals surface area contributed by atoms with E-state index in [0.717, 1.165) is 12.8 Å². The van der Waals surface area contributed by atoms with E-state index in [-0.39, 0.29) is 5.57 Å². The van der Waals surface area contributed by atoms with Crippen LogP contribution >= 0.6 is 0 Å². The van der Waals surface area contributed by atoms with Crippen LogP contribution in [0.2, 0.25) is 0 Å². The molecular weight excluding hydrogens is 220 g/mol. The second-order valence-electron chi connectivity index (χ2n) is 4.07. The van der Waals surface area contributed by atoms with Gasteiger partial charge in [0.1, 0.15) is 0 Å². The average molecular weight is 244 g/mol. The van der Waals surface area contributed by atoms with E-state index in [2.05, 4.69) is 6.92 Å². The van der Waals surface area contributed by atoms with E-state index < -0.39 is 12.6 Å². The van der Waals surface area contributed by atoms with Crippen LogP contribution in [-0.2, 0) is 9.53 Å². The molecule has 0 bridgehead atoms. The highest BCUT2D eigenvalue weighted by Crippen LogP contribution is 2.07. The summed E-state index contributed by atoms with van der Waals surface area (Å²) in [4.78, 5) is 11.2. The molecule has 0 fully saturated rings. The lowest BCUT2D eigenvalue weighted by Gasteiger charge is -2.05. The van der Waals surface area contributed by atoms with Gasteiger partial charge in [-0.25, -0.2) is 4.79 Å². The van der Waals surface area contributed by atoms with Gasteiger partial charge in [0.05, 0.1) is 25.0 Å². The molecule has 4 heteroatoms. The Morgan fingerprint density at radius 1 is 1.12 bits per heavy atom. The van der Waals surface area contributed by atoms with Gasteiger partial charge in [0.2, 0.25) is 0 Å². The number of esters is 1. The minimum absolute atomic E-state index is 0.104. The van der Waals surface area contributed by atoms with Crippen LogP contribution in [0.1, 0.15) is 51.9 Å². The van der Waals surface area contributed by atoms with Crippen LogP contribution in [0.4, 0.5) is 0 Å². The normalized spacial score (nSPS) is 11.5. The van der Waals surface area contributed by atoms with Gasteiger partial charge in [-0.2, -0.15) is 0 Å². The van der Waals surface area contributed by atoms with E-state index in [1.807, 2.05) is 0 Å². The molecule has 0 aliphatic heterocycles. The first kappa shape index (κ1) is 16.0. The molecule has 0 aromatic rings. The van der Waals surface area contributed by atoms with Crippen molar-refractivity contribution in [3.63, 3.8) is 0 Å². The number of ether oxygens (including phenoxy) is 1. The van der Waals surface area contributed by atoms with Gasteiger partial charge in [-0.15, -0.1) is 0 Å². The zero-order valence-corrected chi connectivity index (χ0v) is 10.7. The molecule has 0 spiro atoms. The van der Waals surface area contributed by atoms with E-state index in [1.165, 1.54) is 32.1 Å². The molecular formula is C13H24O4. The van der Waals surface area contributed by atoms with Crippen molar-refractivity contribution >= 4 is 5.97 Å². The SMILES string of the molecule is CCCCCCCCCOC(=O)C(=CO)CO. The number of unbranched alkanes of at least 4 members (excludes halogenated alkanes) is 6. The monoisotopic (exact) mass is 244 g/mol. The predicted molar refractivity (Wildman–Crippen MR) is 66.7 cm³/mol. The Morgan fingerprint density at radius 3 is 2.24 bits per heavy atom. The third-order valence-electron chi connectivity index (χ3n) is 2.57. The molecule has 2 N–H and O–H groups in total.